The van der Waals surface area contributed by atoms with E-state index < -0.39 is 5.79 Å². The summed E-state index contributed by atoms with van der Waals surface area (Å²) < 4.78 is 16.2. The molecule has 0 radical (unpaired) electrons. The Morgan fingerprint density at radius 3 is 2.75 bits per heavy atom. The topological polar surface area (TPSA) is 47.9 Å². The van der Waals surface area contributed by atoms with Gasteiger partial charge in [-0.3, -0.25) is 0 Å². The number of hydrogen-bond acceptors (Lipinski definition) is 4. The standard InChI is InChI=1S/C9H18O3.C7H6O/c1-4-8-7(5-10)6-11-9(2,3)12-8;1-2-6-4-7(3-1)8-5-6/h7-8,10H,4-6H2,1-3H3;1-4H,5H2. The Bertz CT molecular complexity index is 411. The summed E-state index contributed by atoms with van der Waals surface area (Å²) in [7, 11) is 0. The number of rotatable bonds is 2. The number of aliphatic hydroxyl groups excluding tert-OH is 1. The Morgan fingerprint density at radius 2 is 2.15 bits per heavy atom. The van der Waals surface area contributed by atoms with Gasteiger partial charge in [0, 0.05) is 5.92 Å². The summed E-state index contributed by atoms with van der Waals surface area (Å²) in [5, 5.41) is 9.00. The Morgan fingerprint density at radius 1 is 1.35 bits per heavy atom. The van der Waals surface area contributed by atoms with Crippen molar-refractivity contribution in [2.24, 2.45) is 5.92 Å². The van der Waals surface area contributed by atoms with Crippen LogP contribution in [0.2, 0.25) is 0 Å². The Kier molecular flexibility index (Phi) is 5.02. The van der Waals surface area contributed by atoms with Crippen LogP contribution in [0.3, 0.4) is 0 Å². The van der Waals surface area contributed by atoms with Gasteiger partial charge in [-0.05, 0) is 38.0 Å². The lowest BCUT2D eigenvalue weighted by Gasteiger charge is -2.40. The Labute approximate surface area is 120 Å². The van der Waals surface area contributed by atoms with E-state index in [9.17, 15) is 0 Å². The quantitative estimate of drug-likeness (QED) is 0.905. The number of aliphatic hydroxyl groups is 1. The van der Waals surface area contributed by atoms with Crippen LogP contribution < -0.4 is 4.74 Å². The molecule has 4 nitrogen and oxygen atoms in total. The minimum Gasteiger partial charge on any atom is -0.489 e. The van der Waals surface area contributed by atoms with Crippen molar-refractivity contribution in [2.75, 3.05) is 13.2 Å². The van der Waals surface area contributed by atoms with Crippen molar-refractivity contribution >= 4 is 0 Å². The lowest BCUT2D eigenvalue weighted by Crippen LogP contribution is -2.46. The van der Waals surface area contributed by atoms with Crippen LogP contribution in [-0.2, 0) is 16.1 Å². The first-order chi connectivity index (χ1) is 9.54. The molecule has 2 heterocycles. The van der Waals surface area contributed by atoms with Gasteiger partial charge in [-0.15, -0.1) is 0 Å². The van der Waals surface area contributed by atoms with Gasteiger partial charge in [0.1, 0.15) is 12.4 Å². The smallest absolute Gasteiger partial charge is 0.163 e. The van der Waals surface area contributed by atoms with Crippen LogP contribution in [0.5, 0.6) is 5.75 Å². The van der Waals surface area contributed by atoms with Gasteiger partial charge >= 0.3 is 0 Å². The second-order valence-corrected chi connectivity index (χ2v) is 5.65. The van der Waals surface area contributed by atoms with E-state index in [1.54, 1.807) is 0 Å². The molecule has 1 saturated heterocycles. The number of fused-ring (bicyclic) bond motifs is 2. The van der Waals surface area contributed by atoms with Gasteiger partial charge in [-0.1, -0.05) is 19.1 Å². The van der Waals surface area contributed by atoms with Gasteiger partial charge in [0.15, 0.2) is 5.79 Å². The third kappa shape index (κ3) is 3.95. The molecule has 1 N–H and O–H groups in total. The van der Waals surface area contributed by atoms with E-state index in [0.29, 0.717) is 6.61 Å². The summed E-state index contributed by atoms with van der Waals surface area (Å²) in [4.78, 5) is 0. The van der Waals surface area contributed by atoms with E-state index in [2.05, 4.69) is 19.1 Å². The minimum atomic E-state index is -0.480. The molecule has 4 heteroatoms. The van der Waals surface area contributed by atoms with Crippen LogP contribution in [0.4, 0.5) is 0 Å². The van der Waals surface area contributed by atoms with Gasteiger partial charge in [0.2, 0.25) is 0 Å². The summed E-state index contributed by atoms with van der Waals surface area (Å²) in [6.45, 7) is 7.39. The molecule has 0 amide bonds. The van der Waals surface area contributed by atoms with Crippen molar-refractivity contribution in [2.45, 2.75) is 45.7 Å². The zero-order valence-electron chi connectivity index (χ0n) is 12.5. The van der Waals surface area contributed by atoms with E-state index in [4.69, 9.17) is 19.3 Å². The predicted octanol–water partition coefficient (Wildman–Crippen LogP) is 2.74. The third-order valence-electron chi connectivity index (χ3n) is 3.55. The van der Waals surface area contributed by atoms with Crippen molar-refractivity contribution in [3.8, 4) is 5.75 Å². The maximum Gasteiger partial charge on any atom is 0.163 e. The van der Waals surface area contributed by atoms with Crippen LogP contribution in [0.1, 0.15) is 32.8 Å². The first-order valence-electron chi connectivity index (χ1n) is 7.18. The zero-order chi connectivity index (χ0) is 14.6. The van der Waals surface area contributed by atoms with E-state index in [0.717, 1.165) is 18.8 Å². The van der Waals surface area contributed by atoms with Crippen LogP contribution in [-0.4, -0.2) is 30.2 Å². The van der Waals surface area contributed by atoms with Gasteiger partial charge in [-0.25, -0.2) is 0 Å². The lowest BCUT2D eigenvalue weighted by atomic mass is 10.0. The first-order valence-corrected chi connectivity index (χ1v) is 7.18. The van der Waals surface area contributed by atoms with Gasteiger partial charge in [0.05, 0.1) is 19.3 Å². The van der Waals surface area contributed by atoms with Crippen LogP contribution in [0, 0.1) is 5.92 Å². The van der Waals surface area contributed by atoms with E-state index in [-0.39, 0.29) is 18.6 Å². The predicted molar refractivity (Wildman–Crippen MR) is 76.5 cm³/mol. The highest BCUT2D eigenvalue weighted by atomic mass is 16.7. The van der Waals surface area contributed by atoms with Crippen LogP contribution in [0.25, 0.3) is 0 Å². The highest BCUT2D eigenvalue weighted by molar-refractivity contribution is 5.32. The number of ether oxygens (including phenoxy) is 3. The molecular formula is C16H24O4. The lowest BCUT2D eigenvalue weighted by molar-refractivity contribution is -0.296. The molecule has 0 aliphatic carbocycles. The van der Waals surface area contributed by atoms with Crippen molar-refractivity contribution in [3.63, 3.8) is 0 Å². The molecule has 0 aromatic heterocycles. The fourth-order valence-corrected chi connectivity index (χ4v) is 2.39. The highest BCUT2D eigenvalue weighted by Gasteiger charge is 2.34. The second kappa shape index (κ2) is 6.57. The molecule has 2 bridgehead atoms. The first kappa shape index (κ1) is 15.3. The summed E-state index contributed by atoms with van der Waals surface area (Å²) in [6, 6.07) is 8.10. The molecule has 3 rings (SSSR count). The molecule has 1 aromatic carbocycles. The van der Waals surface area contributed by atoms with Crippen molar-refractivity contribution in [1.29, 1.82) is 0 Å². The molecule has 0 saturated carbocycles. The van der Waals surface area contributed by atoms with E-state index >= 15 is 0 Å². The molecule has 20 heavy (non-hydrogen) atoms. The van der Waals surface area contributed by atoms with E-state index in [1.165, 1.54) is 5.56 Å². The van der Waals surface area contributed by atoms with Gasteiger partial charge < -0.3 is 19.3 Å². The van der Waals surface area contributed by atoms with Crippen molar-refractivity contribution < 1.29 is 19.3 Å². The summed E-state index contributed by atoms with van der Waals surface area (Å²) >= 11 is 0. The number of hydrogen-bond donors (Lipinski definition) is 1. The average Bonchev–Trinajstić information content (AvgIpc) is 2.77. The maximum atomic E-state index is 9.00. The normalized spacial score (nSPS) is 26.4. The fraction of sp³-hybridized carbons (Fsp3) is 0.625. The molecule has 2 aliphatic rings. The molecule has 1 aromatic rings. The largest absolute Gasteiger partial charge is 0.489 e. The molecule has 112 valence electrons. The second-order valence-electron chi connectivity index (χ2n) is 5.65. The van der Waals surface area contributed by atoms with Crippen LogP contribution in [0.15, 0.2) is 24.3 Å². The van der Waals surface area contributed by atoms with Gasteiger partial charge in [-0.2, -0.15) is 0 Å². The fourth-order valence-electron chi connectivity index (χ4n) is 2.39. The monoisotopic (exact) mass is 280 g/mol. The number of benzene rings is 1. The van der Waals surface area contributed by atoms with Crippen LogP contribution >= 0.6 is 0 Å². The third-order valence-corrected chi connectivity index (χ3v) is 3.55. The summed E-state index contributed by atoms with van der Waals surface area (Å²) in [5.41, 5.74) is 1.28. The molecule has 0 spiro atoms. The molecule has 2 atom stereocenters. The van der Waals surface area contributed by atoms with Crippen molar-refractivity contribution in [3.05, 3.63) is 29.8 Å². The highest BCUT2D eigenvalue weighted by Crippen LogP contribution is 2.27. The molecule has 2 unspecified atom stereocenters. The van der Waals surface area contributed by atoms with E-state index in [1.807, 2.05) is 26.0 Å². The summed E-state index contributed by atoms with van der Waals surface area (Å²) in [6.07, 6.45) is 1.07. The summed E-state index contributed by atoms with van der Waals surface area (Å²) in [5.74, 6) is 0.664. The zero-order valence-corrected chi connectivity index (χ0v) is 12.5. The van der Waals surface area contributed by atoms with Gasteiger partial charge in [0.25, 0.3) is 0 Å². The molecule has 1 fully saturated rings. The molecular weight excluding hydrogens is 256 g/mol. The van der Waals surface area contributed by atoms with Crippen molar-refractivity contribution in [1.82, 2.24) is 0 Å². The Hall–Kier alpha value is -1.10. The maximum absolute atomic E-state index is 9.00. The Balaban J connectivity index is 0.000000157. The molecule has 2 aliphatic heterocycles. The SMILES string of the molecule is CCC1OC(C)(C)OCC1CO.c1cc2cc(c1)OC2. The average molecular weight is 280 g/mol. The minimum absolute atomic E-state index is 0.138.